The second kappa shape index (κ2) is 7.32. The topological polar surface area (TPSA) is 37.4 Å². The number of allylic oxidation sites excluding steroid dienone is 4. The summed E-state index contributed by atoms with van der Waals surface area (Å²) in [4.78, 5) is 28.0. The van der Waals surface area contributed by atoms with Crippen LogP contribution in [0, 0.1) is 6.92 Å². The Morgan fingerprint density at radius 3 is 2.09 bits per heavy atom. The summed E-state index contributed by atoms with van der Waals surface area (Å²) < 4.78 is 0. The van der Waals surface area contributed by atoms with Crippen molar-refractivity contribution >= 4 is 34.5 Å². The predicted molar refractivity (Wildman–Crippen MR) is 129 cm³/mol. The number of carbonyl (C=O) groups excluding carboxylic acids is 2. The van der Waals surface area contributed by atoms with Crippen molar-refractivity contribution in [1.82, 2.24) is 0 Å². The van der Waals surface area contributed by atoms with E-state index >= 15 is 0 Å². The Morgan fingerprint density at radius 1 is 0.812 bits per heavy atom. The molecule has 4 heteroatoms. The summed E-state index contributed by atoms with van der Waals surface area (Å²) in [7, 11) is 0. The van der Waals surface area contributed by atoms with Gasteiger partial charge in [0.05, 0.1) is 11.3 Å². The van der Waals surface area contributed by atoms with Crippen LogP contribution in [0.4, 0.5) is 11.4 Å². The molecule has 5 rings (SSSR count). The van der Waals surface area contributed by atoms with Crippen LogP contribution < -0.4 is 4.90 Å². The molecule has 3 aromatic carbocycles. The Hall–Kier alpha value is -3.43. The van der Waals surface area contributed by atoms with Gasteiger partial charge in [0.2, 0.25) is 0 Å². The Morgan fingerprint density at radius 2 is 1.44 bits per heavy atom. The number of carbonyl (C=O) groups is 2. The van der Waals surface area contributed by atoms with Crippen LogP contribution in [-0.2, 0) is 5.41 Å². The summed E-state index contributed by atoms with van der Waals surface area (Å²) in [5, 5.41) is 0.678. The largest absolute Gasteiger partial charge is 0.313 e. The van der Waals surface area contributed by atoms with Crippen molar-refractivity contribution in [2.45, 2.75) is 26.2 Å². The normalized spacial score (nSPS) is 17.7. The van der Waals surface area contributed by atoms with E-state index in [1.54, 1.807) is 30.3 Å². The van der Waals surface area contributed by atoms with E-state index in [1.165, 1.54) is 0 Å². The maximum absolute atomic E-state index is 12.9. The van der Waals surface area contributed by atoms with Gasteiger partial charge >= 0.3 is 0 Å². The fourth-order valence-corrected chi connectivity index (χ4v) is 4.87. The smallest absolute Gasteiger partial charge is 0.197 e. The van der Waals surface area contributed by atoms with Crippen molar-refractivity contribution < 1.29 is 9.59 Å². The average molecular weight is 440 g/mol. The summed E-state index contributed by atoms with van der Waals surface area (Å²) >= 11 is 6.35. The van der Waals surface area contributed by atoms with E-state index in [2.05, 4.69) is 37.8 Å². The lowest BCUT2D eigenvalue weighted by Gasteiger charge is -2.28. The quantitative estimate of drug-likeness (QED) is 0.319. The van der Waals surface area contributed by atoms with Gasteiger partial charge in [-0.05, 0) is 54.5 Å². The summed E-state index contributed by atoms with van der Waals surface area (Å²) in [6.07, 6.45) is 3.60. The molecule has 0 N–H and O–H groups in total. The second-order valence-electron chi connectivity index (χ2n) is 8.74. The van der Waals surface area contributed by atoms with Crippen LogP contribution >= 0.6 is 11.6 Å². The van der Waals surface area contributed by atoms with Crippen LogP contribution in [0.15, 0.2) is 90.2 Å². The first-order chi connectivity index (χ1) is 15.3. The number of halogens is 1. The van der Waals surface area contributed by atoms with Gasteiger partial charge in [-0.25, -0.2) is 0 Å². The van der Waals surface area contributed by atoms with Gasteiger partial charge in [-0.1, -0.05) is 67.9 Å². The maximum Gasteiger partial charge on any atom is 0.197 e. The van der Waals surface area contributed by atoms with Crippen molar-refractivity contribution in [3.63, 3.8) is 0 Å². The van der Waals surface area contributed by atoms with Crippen molar-refractivity contribution in [1.29, 1.82) is 0 Å². The van der Waals surface area contributed by atoms with E-state index in [1.807, 2.05) is 36.4 Å². The van der Waals surface area contributed by atoms with Crippen LogP contribution in [0.3, 0.4) is 0 Å². The van der Waals surface area contributed by atoms with Crippen molar-refractivity contribution in [2.75, 3.05) is 4.90 Å². The van der Waals surface area contributed by atoms with E-state index in [-0.39, 0.29) is 22.6 Å². The lowest BCUT2D eigenvalue weighted by Crippen LogP contribution is -2.23. The molecule has 0 fully saturated rings. The number of aryl methyl sites for hydroxylation is 1. The molecule has 158 valence electrons. The first kappa shape index (κ1) is 20.5. The van der Waals surface area contributed by atoms with E-state index < -0.39 is 0 Å². The number of para-hydroxylation sites is 1. The van der Waals surface area contributed by atoms with Crippen molar-refractivity contribution in [3.8, 4) is 0 Å². The zero-order valence-corrected chi connectivity index (χ0v) is 18.9. The molecule has 0 amide bonds. The molecule has 2 aliphatic rings. The first-order valence-corrected chi connectivity index (χ1v) is 10.9. The molecule has 0 saturated heterocycles. The van der Waals surface area contributed by atoms with E-state index in [0.717, 1.165) is 28.2 Å². The van der Waals surface area contributed by atoms with E-state index in [9.17, 15) is 9.59 Å². The number of ketones is 2. The number of fused-ring (bicyclic) bond motifs is 2. The van der Waals surface area contributed by atoms with Crippen molar-refractivity contribution in [2.24, 2.45) is 0 Å². The fourth-order valence-electron chi connectivity index (χ4n) is 4.69. The van der Waals surface area contributed by atoms with Gasteiger partial charge in [0.1, 0.15) is 0 Å². The third-order valence-corrected chi connectivity index (χ3v) is 6.66. The summed E-state index contributed by atoms with van der Waals surface area (Å²) in [6.45, 7) is 6.35. The van der Waals surface area contributed by atoms with E-state index in [4.69, 9.17) is 11.6 Å². The number of anilines is 2. The Balaban J connectivity index is 1.69. The molecule has 3 aromatic rings. The van der Waals surface area contributed by atoms with Gasteiger partial charge in [-0.15, -0.1) is 0 Å². The summed E-state index contributed by atoms with van der Waals surface area (Å²) in [5.41, 5.74) is 6.08. The van der Waals surface area contributed by atoms with Gasteiger partial charge in [0.25, 0.3) is 0 Å². The van der Waals surface area contributed by atoms with Crippen LogP contribution in [0.25, 0.3) is 0 Å². The van der Waals surface area contributed by atoms with Crippen LogP contribution in [0.5, 0.6) is 0 Å². The molecule has 1 aliphatic carbocycles. The molecule has 0 aromatic heterocycles. The number of nitrogens with zero attached hydrogens (tertiary/aromatic N) is 1. The molecule has 1 heterocycles. The van der Waals surface area contributed by atoms with Crippen molar-refractivity contribution in [3.05, 3.63) is 117 Å². The molecular formula is C28H22ClNO2. The number of hydrogen-bond donors (Lipinski definition) is 0. The second-order valence-corrected chi connectivity index (χ2v) is 9.18. The zero-order valence-electron chi connectivity index (χ0n) is 18.1. The highest BCUT2D eigenvalue weighted by Crippen LogP contribution is 2.52. The van der Waals surface area contributed by atoms with Gasteiger partial charge in [-0.3, -0.25) is 9.59 Å². The molecule has 0 spiro atoms. The number of hydrogen-bond acceptors (Lipinski definition) is 3. The monoisotopic (exact) mass is 439 g/mol. The third kappa shape index (κ3) is 2.96. The summed E-state index contributed by atoms with van der Waals surface area (Å²) in [6, 6.07) is 21.1. The maximum atomic E-state index is 12.9. The van der Waals surface area contributed by atoms with Crippen LogP contribution in [-0.4, -0.2) is 11.6 Å². The van der Waals surface area contributed by atoms with Gasteiger partial charge in [-0.2, -0.15) is 0 Å². The van der Waals surface area contributed by atoms with Gasteiger partial charge in [0, 0.05) is 32.9 Å². The molecule has 0 unspecified atom stereocenters. The highest BCUT2D eigenvalue weighted by atomic mass is 35.5. The minimum atomic E-state index is -0.378. The van der Waals surface area contributed by atoms with Gasteiger partial charge < -0.3 is 4.90 Å². The zero-order chi connectivity index (χ0) is 22.6. The average Bonchev–Trinajstić information content (AvgIpc) is 3.14. The van der Waals surface area contributed by atoms with E-state index in [0.29, 0.717) is 16.1 Å². The standard InChI is InChI=1S/C28H22ClNO2/c1-17-8-4-7-11-23(17)30-24-14-12-18(29)16-22(24)28(2,3)25(30)15-13-21-26(31)19-9-5-6-10-20(19)27(21)32/h4-16H,1-3H3/b25-15+. The Labute approximate surface area is 192 Å². The number of rotatable bonds is 2. The highest BCUT2D eigenvalue weighted by molar-refractivity contribution is 6.39. The third-order valence-electron chi connectivity index (χ3n) is 6.42. The molecule has 0 radical (unpaired) electrons. The minimum absolute atomic E-state index is 0.202. The predicted octanol–water partition coefficient (Wildman–Crippen LogP) is 6.97. The molecule has 0 saturated carbocycles. The van der Waals surface area contributed by atoms with Crippen LogP contribution in [0.2, 0.25) is 5.02 Å². The molecular weight excluding hydrogens is 418 g/mol. The molecule has 0 bridgehead atoms. The Bertz CT molecular complexity index is 1330. The lowest BCUT2D eigenvalue weighted by molar-refractivity contribution is 0.0988. The molecule has 32 heavy (non-hydrogen) atoms. The number of benzene rings is 3. The SMILES string of the molecule is Cc1ccccc1N1/C(=C/C=C2C(=O)c3ccccc3C2=O)C(C)(C)c2cc(Cl)ccc21. The molecule has 3 nitrogen and oxygen atoms in total. The Kier molecular flexibility index (Phi) is 4.68. The summed E-state index contributed by atoms with van der Waals surface area (Å²) in [5.74, 6) is -0.442. The lowest BCUT2D eigenvalue weighted by atomic mass is 9.83. The fraction of sp³-hybridized carbons (Fsp3) is 0.143. The number of Topliss-reactive ketones (excluding diaryl/α,β-unsaturated/α-hetero) is 2. The molecule has 0 atom stereocenters. The highest BCUT2D eigenvalue weighted by Gasteiger charge is 2.41. The van der Waals surface area contributed by atoms with Crippen LogP contribution in [0.1, 0.15) is 45.7 Å². The minimum Gasteiger partial charge on any atom is -0.313 e. The molecule has 1 aliphatic heterocycles. The first-order valence-electron chi connectivity index (χ1n) is 10.6. The van der Waals surface area contributed by atoms with Gasteiger partial charge in [0.15, 0.2) is 11.6 Å².